The van der Waals surface area contributed by atoms with E-state index in [2.05, 4.69) is 42.0 Å². The first-order valence-electron chi connectivity index (χ1n) is 12.1. The van der Waals surface area contributed by atoms with Crippen molar-refractivity contribution in [3.63, 3.8) is 0 Å². The first-order valence-corrected chi connectivity index (χ1v) is 12.1. The highest BCUT2D eigenvalue weighted by Gasteiger charge is 2.28. The summed E-state index contributed by atoms with van der Waals surface area (Å²) in [5.41, 5.74) is 1.08. The van der Waals surface area contributed by atoms with Gasteiger partial charge < -0.3 is 15.0 Å². The summed E-state index contributed by atoms with van der Waals surface area (Å²) in [5, 5.41) is 2.95. The third-order valence-corrected chi connectivity index (χ3v) is 7.16. The number of anilines is 1. The minimum Gasteiger partial charge on any atom is -0.380 e. The summed E-state index contributed by atoms with van der Waals surface area (Å²) in [6.45, 7) is 13.6. The molecule has 1 saturated carbocycles. The lowest BCUT2D eigenvalue weighted by molar-refractivity contribution is -0.110. The monoisotopic (exact) mass is 429 g/mol. The maximum Gasteiger partial charge on any atom is 0.207 e. The number of aromatic nitrogens is 2. The Balaban J connectivity index is 1.29. The van der Waals surface area contributed by atoms with Crippen molar-refractivity contribution >= 4 is 12.2 Å². The van der Waals surface area contributed by atoms with Crippen molar-refractivity contribution < 1.29 is 9.53 Å². The Labute approximate surface area is 186 Å². The van der Waals surface area contributed by atoms with Crippen LogP contribution in [0.25, 0.3) is 0 Å². The predicted molar refractivity (Wildman–Crippen MR) is 123 cm³/mol. The summed E-state index contributed by atoms with van der Waals surface area (Å²) in [6, 6.07) is 2.60. The summed E-state index contributed by atoms with van der Waals surface area (Å²) in [6.07, 6.45) is 6.90. The molecule has 1 N–H and O–H groups in total. The van der Waals surface area contributed by atoms with Gasteiger partial charge in [-0.25, -0.2) is 9.97 Å². The van der Waals surface area contributed by atoms with Gasteiger partial charge in [-0.2, -0.15) is 0 Å². The van der Waals surface area contributed by atoms with E-state index >= 15 is 0 Å². The Kier molecular flexibility index (Phi) is 7.12. The molecule has 0 aromatic carbocycles. The van der Waals surface area contributed by atoms with Crippen LogP contribution in [0.2, 0.25) is 0 Å². The van der Waals surface area contributed by atoms with Crippen LogP contribution in [0, 0.1) is 5.92 Å². The summed E-state index contributed by atoms with van der Waals surface area (Å²) >= 11 is 0. The van der Waals surface area contributed by atoms with Crippen LogP contribution in [0.5, 0.6) is 0 Å². The van der Waals surface area contributed by atoms with Crippen molar-refractivity contribution in [2.45, 2.75) is 70.3 Å². The minimum absolute atomic E-state index is 0.0581. The second kappa shape index (κ2) is 9.82. The number of carbonyl (C=O) groups excluding carboxylic acids is 1. The SMILES string of the molecule is CC(C)(C)c1nc(C2COC2)cc(N2CCN(CCC3CCC(NC=O)CC3)CC2)n1. The summed E-state index contributed by atoms with van der Waals surface area (Å²) in [7, 11) is 0. The number of hydrogen-bond acceptors (Lipinski definition) is 6. The van der Waals surface area contributed by atoms with Crippen molar-refractivity contribution in [3.8, 4) is 0 Å². The van der Waals surface area contributed by atoms with E-state index in [-0.39, 0.29) is 5.41 Å². The quantitative estimate of drug-likeness (QED) is 0.672. The number of amides is 1. The third-order valence-electron chi connectivity index (χ3n) is 7.16. The zero-order valence-corrected chi connectivity index (χ0v) is 19.5. The smallest absolute Gasteiger partial charge is 0.207 e. The molecule has 3 aliphatic rings. The van der Waals surface area contributed by atoms with E-state index in [1.165, 1.54) is 25.8 Å². The highest BCUT2D eigenvalue weighted by molar-refractivity contribution is 5.46. The van der Waals surface area contributed by atoms with E-state index in [0.717, 1.165) is 81.9 Å². The number of nitrogens with zero attached hydrogens (tertiary/aromatic N) is 4. The molecule has 1 amide bonds. The van der Waals surface area contributed by atoms with E-state index < -0.39 is 0 Å². The van der Waals surface area contributed by atoms with Gasteiger partial charge in [-0.15, -0.1) is 0 Å². The zero-order valence-electron chi connectivity index (χ0n) is 19.5. The number of rotatable bonds is 7. The maximum absolute atomic E-state index is 10.6. The fraction of sp³-hybridized carbons (Fsp3) is 0.792. The molecule has 3 heterocycles. The molecule has 0 unspecified atom stereocenters. The first kappa shape index (κ1) is 22.5. The van der Waals surface area contributed by atoms with E-state index in [1.54, 1.807) is 0 Å². The van der Waals surface area contributed by atoms with Gasteiger partial charge in [-0.05, 0) is 44.6 Å². The summed E-state index contributed by atoms with van der Waals surface area (Å²) in [4.78, 5) is 25.5. The average molecular weight is 430 g/mol. The fourth-order valence-corrected chi connectivity index (χ4v) is 4.85. The second-order valence-corrected chi connectivity index (χ2v) is 10.6. The summed E-state index contributed by atoms with van der Waals surface area (Å²) < 4.78 is 5.41. The first-order chi connectivity index (χ1) is 14.9. The van der Waals surface area contributed by atoms with Crippen molar-refractivity contribution in [3.05, 3.63) is 17.6 Å². The van der Waals surface area contributed by atoms with Gasteiger partial charge in [0.1, 0.15) is 11.6 Å². The molecule has 0 atom stereocenters. The van der Waals surface area contributed by atoms with Crippen LogP contribution >= 0.6 is 0 Å². The molecule has 3 fully saturated rings. The third kappa shape index (κ3) is 5.75. The zero-order chi connectivity index (χ0) is 21.8. The van der Waals surface area contributed by atoms with Gasteiger partial charge in [0.15, 0.2) is 0 Å². The highest BCUT2D eigenvalue weighted by Crippen LogP contribution is 2.30. The Morgan fingerprint density at radius 1 is 1.10 bits per heavy atom. The van der Waals surface area contributed by atoms with Gasteiger partial charge in [-0.3, -0.25) is 9.69 Å². The largest absolute Gasteiger partial charge is 0.380 e. The number of hydrogen-bond donors (Lipinski definition) is 1. The molecule has 0 bridgehead atoms. The van der Waals surface area contributed by atoms with E-state index in [0.29, 0.717) is 12.0 Å². The van der Waals surface area contributed by atoms with Gasteiger partial charge >= 0.3 is 0 Å². The van der Waals surface area contributed by atoms with Gasteiger partial charge in [0.25, 0.3) is 0 Å². The van der Waals surface area contributed by atoms with Crippen LogP contribution in [0.1, 0.15) is 70.3 Å². The van der Waals surface area contributed by atoms with Crippen molar-refractivity contribution in [1.82, 2.24) is 20.2 Å². The normalized spacial score (nSPS) is 25.8. The van der Waals surface area contributed by atoms with Gasteiger partial charge in [-0.1, -0.05) is 20.8 Å². The van der Waals surface area contributed by atoms with Crippen molar-refractivity contribution in [2.75, 3.05) is 50.8 Å². The Hall–Kier alpha value is -1.73. The molecule has 0 radical (unpaired) electrons. The number of carbonyl (C=O) groups is 1. The molecule has 31 heavy (non-hydrogen) atoms. The average Bonchev–Trinajstić information content (AvgIpc) is 2.72. The van der Waals surface area contributed by atoms with Crippen LogP contribution in [-0.4, -0.2) is 73.3 Å². The summed E-state index contributed by atoms with van der Waals surface area (Å²) in [5.74, 6) is 3.25. The lowest BCUT2D eigenvalue weighted by atomic mass is 9.84. The van der Waals surface area contributed by atoms with E-state index in [1.807, 2.05) is 0 Å². The molecule has 7 nitrogen and oxygen atoms in total. The molecule has 1 aromatic heterocycles. The lowest BCUT2D eigenvalue weighted by Gasteiger charge is -2.37. The molecule has 7 heteroatoms. The van der Waals surface area contributed by atoms with Gasteiger partial charge in [0.05, 0.1) is 18.9 Å². The van der Waals surface area contributed by atoms with Crippen LogP contribution in [0.4, 0.5) is 5.82 Å². The lowest BCUT2D eigenvalue weighted by Crippen LogP contribution is -2.47. The Morgan fingerprint density at radius 2 is 1.81 bits per heavy atom. The topological polar surface area (TPSA) is 70.6 Å². The number of nitrogens with one attached hydrogen (secondary N) is 1. The molecule has 2 saturated heterocycles. The number of piperazine rings is 1. The van der Waals surface area contributed by atoms with E-state index in [4.69, 9.17) is 14.7 Å². The Morgan fingerprint density at radius 3 is 2.39 bits per heavy atom. The van der Waals surface area contributed by atoms with E-state index in [9.17, 15) is 4.79 Å². The molecule has 2 aliphatic heterocycles. The Bertz CT molecular complexity index is 730. The maximum atomic E-state index is 10.6. The molecular formula is C24H39N5O2. The molecular weight excluding hydrogens is 390 g/mol. The second-order valence-electron chi connectivity index (χ2n) is 10.6. The molecule has 4 rings (SSSR count). The minimum atomic E-state index is -0.0581. The molecule has 1 aromatic rings. The van der Waals surface area contributed by atoms with Gasteiger partial charge in [0, 0.05) is 49.6 Å². The fourth-order valence-electron chi connectivity index (χ4n) is 4.85. The molecule has 1 aliphatic carbocycles. The molecule has 172 valence electrons. The van der Waals surface area contributed by atoms with Crippen LogP contribution in [-0.2, 0) is 14.9 Å². The highest BCUT2D eigenvalue weighted by atomic mass is 16.5. The van der Waals surface area contributed by atoms with Crippen molar-refractivity contribution in [2.24, 2.45) is 5.92 Å². The van der Waals surface area contributed by atoms with Crippen molar-refractivity contribution in [1.29, 1.82) is 0 Å². The standard InChI is InChI=1S/C24H39N5O2/c1-24(2,3)23-26-21(19-15-31-16-19)14-22(27-23)29-12-10-28(11-13-29)9-8-18-4-6-20(7-5-18)25-17-30/h14,17-20H,4-13,15-16H2,1-3H3,(H,25,30). The van der Waals surface area contributed by atoms with Crippen LogP contribution < -0.4 is 10.2 Å². The predicted octanol–water partition coefficient (Wildman–Crippen LogP) is 2.70. The van der Waals surface area contributed by atoms with Crippen LogP contribution in [0.3, 0.4) is 0 Å². The van der Waals surface area contributed by atoms with Crippen LogP contribution in [0.15, 0.2) is 6.07 Å². The van der Waals surface area contributed by atoms with Gasteiger partial charge in [0.2, 0.25) is 6.41 Å². The molecule has 0 spiro atoms. The number of ether oxygens (including phenoxy) is 1.